The lowest BCUT2D eigenvalue weighted by atomic mass is 10.5. The number of carboxylic acids is 1. The zero-order chi connectivity index (χ0) is 14.1. The molecule has 1 aromatic heterocycles. The van der Waals surface area contributed by atoms with Crippen LogP contribution in [-0.2, 0) is 16.1 Å². The van der Waals surface area contributed by atoms with Gasteiger partial charge in [-0.05, 0) is 0 Å². The van der Waals surface area contributed by atoms with Gasteiger partial charge < -0.3 is 15.2 Å². The van der Waals surface area contributed by atoms with Crippen molar-refractivity contribution in [3.8, 4) is 0 Å². The van der Waals surface area contributed by atoms with Crippen molar-refractivity contribution in [2.45, 2.75) is 6.54 Å². The van der Waals surface area contributed by atoms with Crippen molar-refractivity contribution in [2.24, 2.45) is 0 Å². The summed E-state index contributed by atoms with van der Waals surface area (Å²) < 4.78 is 6.24. The number of ether oxygens (including phenoxy) is 1. The van der Waals surface area contributed by atoms with Gasteiger partial charge in [-0.1, -0.05) is 5.21 Å². The van der Waals surface area contributed by atoms with Crippen LogP contribution in [0.25, 0.3) is 0 Å². The SMILES string of the molecule is COCCSCC(=O)NCCn1cc(C(=O)O)nn1. The van der Waals surface area contributed by atoms with Gasteiger partial charge in [0.05, 0.1) is 25.1 Å². The maximum absolute atomic E-state index is 11.4. The van der Waals surface area contributed by atoms with E-state index in [-0.39, 0.29) is 11.6 Å². The number of methoxy groups -OCH3 is 1. The first-order chi connectivity index (χ1) is 9.13. The van der Waals surface area contributed by atoms with Gasteiger partial charge in [0.25, 0.3) is 0 Å². The van der Waals surface area contributed by atoms with Crippen LogP contribution in [0.5, 0.6) is 0 Å². The summed E-state index contributed by atoms with van der Waals surface area (Å²) in [5.41, 5.74) is -0.110. The topological polar surface area (TPSA) is 106 Å². The molecule has 2 N–H and O–H groups in total. The Morgan fingerprint density at radius 3 is 3.00 bits per heavy atom. The van der Waals surface area contributed by atoms with Crippen LogP contribution in [-0.4, -0.2) is 63.7 Å². The highest BCUT2D eigenvalue weighted by Gasteiger charge is 2.08. The first-order valence-electron chi connectivity index (χ1n) is 5.60. The van der Waals surface area contributed by atoms with Crippen molar-refractivity contribution < 1.29 is 19.4 Å². The second-order valence-corrected chi connectivity index (χ2v) is 4.67. The number of hydrogen-bond acceptors (Lipinski definition) is 6. The standard InChI is InChI=1S/C10H16N4O4S/c1-18-4-5-19-7-9(15)11-2-3-14-6-8(10(16)17)12-13-14/h6H,2-5,7H2,1H3,(H,11,15)(H,16,17). The molecule has 8 nitrogen and oxygen atoms in total. The van der Waals surface area contributed by atoms with E-state index in [1.165, 1.54) is 22.6 Å². The van der Waals surface area contributed by atoms with Crippen LogP contribution in [0.4, 0.5) is 0 Å². The lowest BCUT2D eigenvalue weighted by Crippen LogP contribution is -2.29. The van der Waals surface area contributed by atoms with Crippen LogP contribution in [0.2, 0.25) is 0 Å². The smallest absolute Gasteiger partial charge is 0.358 e. The number of carboxylic acid groups (broad SMARTS) is 1. The van der Waals surface area contributed by atoms with Gasteiger partial charge in [0.15, 0.2) is 5.69 Å². The monoisotopic (exact) mass is 288 g/mol. The van der Waals surface area contributed by atoms with E-state index < -0.39 is 5.97 Å². The number of aromatic carboxylic acids is 1. The van der Waals surface area contributed by atoms with Crippen LogP contribution >= 0.6 is 11.8 Å². The van der Waals surface area contributed by atoms with Crippen LogP contribution in [0.1, 0.15) is 10.5 Å². The maximum atomic E-state index is 11.4. The molecule has 19 heavy (non-hydrogen) atoms. The summed E-state index contributed by atoms with van der Waals surface area (Å²) in [6.07, 6.45) is 1.32. The van der Waals surface area contributed by atoms with Gasteiger partial charge in [0, 0.05) is 19.4 Å². The fraction of sp³-hybridized carbons (Fsp3) is 0.600. The zero-order valence-electron chi connectivity index (χ0n) is 10.5. The average Bonchev–Trinajstić information content (AvgIpc) is 2.84. The Morgan fingerprint density at radius 1 is 1.58 bits per heavy atom. The molecule has 0 aliphatic rings. The van der Waals surface area contributed by atoms with Crippen LogP contribution in [0.3, 0.4) is 0 Å². The molecule has 1 rings (SSSR count). The van der Waals surface area contributed by atoms with Gasteiger partial charge in [-0.25, -0.2) is 9.48 Å². The van der Waals surface area contributed by atoms with Crippen molar-refractivity contribution in [1.82, 2.24) is 20.3 Å². The van der Waals surface area contributed by atoms with Gasteiger partial charge in [-0.2, -0.15) is 0 Å². The highest BCUT2D eigenvalue weighted by Crippen LogP contribution is 1.98. The summed E-state index contributed by atoms with van der Waals surface area (Å²) in [4.78, 5) is 22.0. The Balaban J connectivity index is 2.15. The van der Waals surface area contributed by atoms with E-state index in [4.69, 9.17) is 9.84 Å². The number of nitrogens with zero attached hydrogens (tertiary/aromatic N) is 3. The van der Waals surface area contributed by atoms with E-state index >= 15 is 0 Å². The lowest BCUT2D eigenvalue weighted by Gasteiger charge is -2.04. The molecule has 0 radical (unpaired) electrons. The molecule has 1 amide bonds. The first-order valence-corrected chi connectivity index (χ1v) is 6.75. The predicted octanol–water partition coefficient (Wildman–Crippen LogP) is -0.528. The molecule has 0 saturated heterocycles. The molecule has 0 atom stereocenters. The van der Waals surface area contributed by atoms with Gasteiger partial charge in [-0.3, -0.25) is 4.79 Å². The Bertz CT molecular complexity index is 423. The van der Waals surface area contributed by atoms with E-state index in [0.29, 0.717) is 25.4 Å². The molecule has 0 spiro atoms. The predicted molar refractivity (Wildman–Crippen MR) is 69.2 cm³/mol. The minimum atomic E-state index is -1.12. The molecule has 0 bridgehead atoms. The normalized spacial score (nSPS) is 10.4. The van der Waals surface area contributed by atoms with Crippen LogP contribution < -0.4 is 5.32 Å². The molecule has 1 aromatic rings. The fourth-order valence-electron chi connectivity index (χ4n) is 1.17. The highest BCUT2D eigenvalue weighted by atomic mass is 32.2. The zero-order valence-corrected chi connectivity index (χ0v) is 11.4. The number of carbonyl (C=O) groups excluding carboxylic acids is 1. The highest BCUT2D eigenvalue weighted by molar-refractivity contribution is 7.99. The van der Waals surface area contributed by atoms with Crippen LogP contribution in [0.15, 0.2) is 6.20 Å². The molecule has 0 unspecified atom stereocenters. The quantitative estimate of drug-likeness (QED) is 0.588. The van der Waals surface area contributed by atoms with E-state index in [1.807, 2.05) is 0 Å². The third-order valence-electron chi connectivity index (χ3n) is 2.09. The third kappa shape index (κ3) is 6.20. The van der Waals surface area contributed by atoms with E-state index in [0.717, 1.165) is 5.75 Å². The van der Waals surface area contributed by atoms with Gasteiger partial charge in [0.2, 0.25) is 5.91 Å². The second kappa shape index (κ2) is 8.48. The van der Waals surface area contributed by atoms with Gasteiger partial charge >= 0.3 is 5.97 Å². The summed E-state index contributed by atoms with van der Waals surface area (Å²) in [7, 11) is 1.62. The van der Waals surface area contributed by atoms with E-state index in [1.54, 1.807) is 7.11 Å². The molecule has 0 fully saturated rings. The molecule has 0 saturated carbocycles. The first kappa shape index (κ1) is 15.4. The summed E-state index contributed by atoms with van der Waals surface area (Å²) in [6.45, 7) is 1.38. The largest absolute Gasteiger partial charge is 0.476 e. The molecule has 0 aliphatic carbocycles. The molecular formula is C10H16N4O4S. The number of thioether (sulfide) groups is 1. The molecular weight excluding hydrogens is 272 g/mol. The molecule has 1 heterocycles. The van der Waals surface area contributed by atoms with Crippen LogP contribution in [0, 0.1) is 0 Å². The Labute approximate surface area is 114 Å². The number of nitrogens with one attached hydrogen (secondary N) is 1. The van der Waals surface area contributed by atoms with Crippen molar-refractivity contribution in [3.63, 3.8) is 0 Å². The van der Waals surface area contributed by atoms with Crippen molar-refractivity contribution in [1.29, 1.82) is 0 Å². The van der Waals surface area contributed by atoms with Gasteiger partial charge in [0.1, 0.15) is 0 Å². The number of rotatable bonds is 9. The number of amides is 1. The van der Waals surface area contributed by atoms with E-state index in [2.05, 4.69) is 15.6 Å². The minimum absolute atomic E-state index is 0.0697. The van der Waals surface area contributed by atoms with E-state index in [9.17, 15) is 9.59 Å². The molecule has 0 aliphatic heterocycles. The second-order valence-electron chi connectivity index (χ2n) is 3.57. The maximum Gasteiger partial charge on any atom is 0.358 e. The Morgan fingerprint density at radius 2 is 2.37 bits per heavy atom. The Hall–Kier alpha value is -1.61. The molecule has 9 heteroatoms. The number of carbonyl (C=O) groups is 2. The average molecular weight is 288 g/mol. The van der Waals surface area contributed by atoms with Crippen molar-refractivity contribution in [2.75, 3.05) is 31.8 Å². The van der Waals surface area contributed by atoms with Crippen molar-refractivity contribution >= 4 is 23.6 Å². The van der Waals surface area contributed by atoms with Gasteiger partial charge in [-0.15, -0.1) is 16.9 Å². The lowest BCUT2D eigenvalue weighted by molar-refractivity contribution is -0.118. The molecule has 0 aromatic carbocycles. The van der Waals surface area contributed by atoms with Crippen molar-refractivity contribution in [3.05, 3.63) is 11.9 Å². The Kier molecular flexibility index (Phi) is 6.90. The summed E-state index contributed by atoms with van der Waals surface area (Å²) >= 11 is 1.49. The number of hydrogen-bond donors (Lipinski definition) is 2. The minimum Gasteiger partial charge on any atom is -0.476 e. The summed E-state index contributed by atoms with van der Waals surface area (Å²) in [5.74, 6) is -0.0414. The third-order valence-corrected chi connectivity index (χ3v) is 3.01. The molecule has 106 valence electrons. The summed E-state index contributed by atoms with van der Waals surface area (Å²) in [6, 6.07) is 0. The fourth-order valence-corrected chi connectivity index (χ4v) is 1.89. The summed E-state index contributed by atoms with van der Waals surface area (Å²) in [5, 5.41) is 18.5. The number of aromatic nitrogens is 3.